The monoisotopic (exact) mass is 280 g/mol. The largest absolute Gasteiger partial charge is 0.305 e. The molecule has 0 saturated carbocycles. The molecule has 0 unspecified atom stereocenters. The average molecular weight is 280 g/mol. The summed E-state index contributed by atoms with van der Waals surface area (Å²) < 4.78 is 1.80. The van der Waals surface area contributed by atoms with Crippen molar-refractivity contribution in [1.29, 1.82) is 0 Å². The summed E-state index contributed by atoms with van der Waals surface area (Å²) in [6.07, 6.45) is 6.43. The molecule has 1 amide bonds. The van der Waals surface area contributed by atoms with Gasteiger partial charge in [0.1, 0.15) is 29.5 Å². The lowest BCUT2D eigenvalue weighted by atomic mass is 10.3. The molecule has 0 fully saturated rings. The molecule has 0 aliphatic rings. The Hall–Kier alpha value is -3.09. The van der Waals surface area contributed by atoms with Crippen molar-refractivity contribution in [3.8, 4) is 5.82 Å². The third-order valence-electron chi connectivity index (χ3n) is 2.86. The van der Waals surface area contributed by atoms with Crippen LogP contribution in [0, 0.1) is 6.92 Å². The quantitative estimate of drug-likeness (QED) is 0.788. The Kier molecular flexibility index (Phi) is 3.38. The van der Waals surface area contributed by atoms with Gasteiger partial charge in [0.25, 0.3) is 5.91 Å². The summed E-state index contributed by atoms with van der Waals surface area (Å²) >= 11 is 0. The van der Waals surface area contributed by atoms with Gasteiger partial charge in [0.15, 0.2) is 0 Å². The maximum Gasteiger partial charge on any atom is 0.275 e. The molecule has 7 heteroatoms. The number of carbonyl (C=O) groups is 1. The standard InChI is InChI=1S/C14H12N6O/c1-10-15-6-7-20(10)13-8-12(17-9-18-13)19-14(21)11-4-2-3-5-16-11/h2-9H,1H3,(H,17,18,19,21). The minimum Gasteiger partial charge on any atom is -0.305 e. The highest BCUT2D eigenvalue weighted by Crippen LogP contribution is 2.11. The van der Waals surface area contributed by atoms with E-state index in [4.69, 9.17) is 0 Å². The van der Waals surface area contributed by atoms with Gasteiger partial charge in [-0.15, -0.1) is 0 Å². The predicted octanol–water partition coefficient (Wildman–Crippen LogP) is 1.62. The predicted molar refractivity (Wildman–Crippen MR) is 76.1 cm³/mol. The number of carbonyl (C=O) groups excluding carboxylic acids is 1. The van der Waals surface area contributed by atoms with Gasteiger partial charge in [0, 0.05) is 24.7 Å². The topological polar surface area (TPSA) is 85.6 Å². The Bertz CT molecular complexity index is 768. The summed E-state index contributed by atoms with van der Waals surface area (Å²) in [4.78, 5) is 28.4. The first kappa shape index (κ1) is 12.9. The number of hydrogen-bond donors (Lipinski definition) is 1. The first-order valence-corrected chi connectivity index (χ1v) is 6.29. The van der Waals surface area contributed by atoms with Crippen LogP contribution in [0.15, 0.2) is 49.2 Å². The molecule has 0 radical (unpaired) electrons. The average Bonchev–Trinajstić information content (AvgIpc) is 2.94. The Balaban J connectivity index is 1.84. The van der Waals surface area contributed by atoms with Crippen LogP contribution in [-0.2, 0) is 0 Å². The van der Waals surface area contributed by atoms with Crippen LogP contribution in [0.3, 0.4) is 0 Å². The first-order chi connectivity index (χ1) is 10.2. The number of nitrogens with one attached hydrogen (secondary N) is 1. The van der Waals surface area contributed by atoms with E-state index in [1.807, 2.05) is 6.92 Å². The van der Waals surface area contributed by atoms with Crippen LogP contribution >= 0.6 is 0 Å². The van der Waals surface area contributed by atoms with E-state index >= 15 is 0 Å². The molecule has 3 rings (SSSR count). The van der Waals surface area contributed by atoms with Gasteiger partial charge in [-0.3, -0.25) is 14.3 Å². The number of rotatable bonds is 3. The number of amides is 1. The molecule has 3 aromatic heterocycles. The summed E-state index contributed by atoms with van der Waals surface area (Å²) in [7, 11) is 0. The Morgan fingerprint density at radius 3 is 2.76 bits per heavy atom. The summed E-state index contributed by atoms with van der Waals surface area (Å²) in [5.41, 5.74) is 0.330. The number of aryl methyl sites for hydroxylation is 1. The van der Waals surface area contributed by atoms with Crippen LogP contribution in [0.5, 0.6) is 0 Å². The first-order valence-electron chi connectivity index (χ1n) is 6.29. The van der Waals surface area contributed by atoms with Crippen molar-refractivity contribution in [3.63, 3.8) is 0 Å². The molecule has 7 nitrogen and oxygen atoms in total. The van der Waals surface area contributed by atoms with Crippen LogP contribution in [0.2, 0.25) is 0 Å². The van der Waals surface area contributed by atoms with Crippen molar-refractivity contribution in [2.45, 2.75) is 6.92 Å². The zero-order chi connectivity index (χ0) is 14.7. The second kappa shape index (κ2) is 5.49. The SMILES string of the molecule is Cc1nccn1-c1cc(NC(=O)c2ccccn2)ncn1. The molecule has 0 spiro atoms. The number of imidazole rings is 1. The smallest absolute Gasteiger partial charge is 0.275 e. The molecule has 3 heterocycles. The van der Waals surface area contributed by atoms with Crippen molar-refractivity contribution in [1.82, 2.24) is 24.5 Å². The molecular weight excluding hydrogens is 268 g/mol. The Morgan fingerprint density at radius 2 is 2.05 bits per heavy atom. The molecule has 0 saturated heterocycles. The van der Waals surface area contributed by atoms with Crippen molar-refractivity contribution in [2.24, 2.45) is 0 Å². The molecule has 0 aliphatic carbocycles. The summed E-state index contributed by atoms with van der Waals surface area (Å²) in [5, 5.41) is 2.69. The third-order valence-corrected chi connectivity index (χ3v) is 2.86. The van der Waals surface area contributed by atoms with E-state index in [1.165, 1.54) is 6.33 Å². The van der Waals surface area contributed by atoms with Gasteiger partial charge in [-0.05, 0) is 19.1 Å². The van der Waals surface area contributed by atoms with Crippen molar-refractivity contribution in [3.05, 3.63) is 60.7 Å². The van der Waals surface area contributed by atoms with Crippen molar-refractivity contribution >= 4 is 11.7 Å². The molecule has 0 atom stereocenters. The fourth-order valence-electron chi connectivity index (χ4n) is 1.84. The highest BCUT2D eigenvalue weighted by atomic mass is 16.1. The number of aromatic nitrogens is 5. The summed E-state index contributed by atoms with van der Waals surface area (Å²) in [6.45, 7) is 1.87. The van der Waals surface area contributed by atoms with Gasteiger partial charge in [0.2, 0.25) is 0 Å². The highest BCUT2D eigenvalue weighted by molar-refractivity contribution is 6.02. The van der Waals surface area contributed by atoms with Gasteiger partial charge >= 0.3 is 0 Å². The molecular formula is C14H12N6O. The Labute approximate surface area is 120 Å². The number of hydrogen-bond acceptors (Lipinski definition) is 5. The minimum atomic E-state index is -0.317. The van der Waals surface area contributed by atoms with Crippen LogP contribution in [-0.4, -0.2) is 30.4 Å². The van der Waals surface area contributed by atoms with Gasteiger partial charge < -0.3 is 5.32 Å². The van der Waals surface area contributed by atoms with Crippen LogP contribution in [0.4, 0.5) is 5.82 Å². The number of pyridine rings is 1. The van der Waals surface area contributed by atoms with E-state index in [0.29, 0.717) is 17.3 Å². The van der Waals surface area contributed by atoms with Crippen LogP contribution in [0.1, 0.15) is 16.3 Å². The van der Waals surface area contributed by atoms with Crippen molar-refractivity contribution < 1.29 is 4.79 Å². The lowest BCUT2D eigenvalue weighted by Gasteiger charge is -2.07. The molecule has 0 bridgehead atoms. The van der Waals surface area contributed by atoms with Crippen molar-refractivity contribution in [2.75, 3.05) is 5.32 Å². The lowest BCUT2D eigenvalue weighted by Crippen LogP contribution is -2.15. The van der Waals surface area contributed by atoms with Crippen LogP contribution < -0.4 is 5.32 Å². The molecule has 0 aliphatic heterocycles. The number of anilines is 1. The zero-order valence-electron chi connectivity index (χ0n) is 11.3. The fourth-order valence-corrected chi connectivity index (χ4v) is 1.84. The normalized spacial score (nSPS) is 10.3. The second-order valence-corrected chi connectivity index (χ2v) is 4.28. The minimum absolute atomic E-state index is 0.317. The molecule has 104 valence electrons. The lowest BCUT2D eigenvalue weighted by molar-refractivity contribution is 0.102. The zero-order valence-corrected chi connectivity index (χ0v) is 11.3. The summed E-state index contributed by atoms with van der Waals surface area (Å²) in [5.74, 6) is 1.53. The van der Waals surface area contributed by atoms with E-state index in [1.54, 1.807) is 47.4 Å². The number of nitrogens with zero attached hydrogens (tertiary/aromatic N) is 5. The molecule has 21 heavy (non-hydrogen) atoms. The molecule has 1 N–H and O–H groups in total. The fraction of sp³-hybridized carbons (Fsp3) is 0.0714. The van der Waals surface area contributed by atoms with Gasteiger partial charge in [-0.2, -0.15) is 0 Å². The molecule has 3 aromatic rings. The van der Waals surface area contributed by atoms with Gasteiger partial charge in [-0.25, -0.2) is 15.0 Å². The van der Waals surface area contributed by atoms with Crippen LogP contribution in [0.25, 0.3) is 5.82 Å². The third kappa shape index (κ3) is 2.76. The van der Waals surface area contributed by atoms with Gasteiger partial charge in [0.05, 0.1) is 0 Å². The molecule has 0 aromatic carbocycles. The van der Waals surface area contributed by atoms with E-state index in [9.17, 15) is 4.79 Å². The maximum atomic E-state index is 12.0. The van der Waals surface area contributed by atoms with E-state index in [-0.39, 0.29) is 5.91 Å². The van der Waals surface area contributed by atoms with E-state index in [2.05, 4.69) is 25.3 Å². The van der Waals surface area contributed by atoms with E-state index in [0.717, 1.165) is 5.82 Å². The maximum absolute atomic E-state index is 12.0. The van der Waals surface area contributed by atoms with E-state index < -0.39 is 0 Å². The van der Waals surface area contributed by atoms with Gasteiger partial charge in [-0.1, -0.05) is 6.07 Å². The Morgan fingerprint density at radius 1 is 1.14 bits per heavy atom. The second-order valence-electron chi connectivity index (χ2n) is 4.28. The summed E-state index contributed by atoms with van der Waals surface area (Å²) in [6, 6.07) is 6.82. The highest BCUT2D eigenvalue weighted by Gasteiger charge is 2.09.